The van der Waals surface area contributed by atoms with E-state index in [0.717, 1.165) is 5.56 Å². The SMILES string of the molecule is CC#CC(=O)NCCc1ccc(OC)c(OC)c1Cl. The topological polar surface area (TPSA) is 47.6 Å². The highest BCUT2D eigenvalue weighted by Gasteiger charge is 2.12. The van der Waals surface area contributed by atoms with Gasteiger partial charge in [-0.25, -0.2) is 0 Å². The third-order valence-electron chi connectivity index (χ3n) is 2.48. The zero-order valence-corrected chi connectivity index (χ0v) is 11.9. The summed E-state index contributed by atoms with van der Waals surface area (Å²) in [5, 5.41) is 3.18. The summed E-state index contributed by atoms with van der Waals surface area (Å²) in [5.41, 5.74) is 0.879. The summed E-state index contributed by atoms with van der Waals surface area (Å²) in [6.07, 6.45) is 0.594. The standard InChI is InChI=1S/C14H16ClNO3/c1-4-5-12(17)16-9-8-10-6-7-11(18-2)14(19-3)13(10)15/h6-7H,8-9H2,1-3H3,(H,16,17). The first-order valence-corrected chi connectivity index (χ1v) is 6.11. The molecular formula is C14H16ClNO3. The molecule has 4 nitrogen and oxygen atoms in total. The van der Waals surface area contributed by atoms with E-state index in [-0.39, 0.29) is 5.91 Å². The van der Waals surface area contributed by atoms with Crippen LogP contribution in [0.4, 0.5) is 0 Å². The van der Waals surface area contributed by atoms with Gasteiger partial charge in [0.2, 0.25) is 0 Å². The lowest BCUT2D eigenvalue weighted by Gasteiger charge is -2.12. The quantitative estimate of drug-likeness (QED) is 0.840. The third kappa shape index (κ3) is 4.08. The highest BCUT2D eigenvalue weighted by atomic mass is 35.5. The zero-order valence-electron chi connectivity index (χ0n) is 11.2. The normalized spacial score (nSPS) is 9.26. The lowest BCUT2D eigenvalue weighted by atomic mass is 10.1. The maximum absolute atomic E-state index is 11.2. The van der Waals surface area contributed by atoms with E-state index in [0.29, 0.717) is 29.5 Å². The Morgan fingerprint density at radius 2 is 2.11 bits per heavy atom. The van der Waals surface area contributed by atoms with Gasteiger partial charge in [0.25, 0.3) is 5.91 Å². The molecule has 1 aromatic rings. The fourth-order valence-corrected chi connectivity index (χ4v) is 1.92. The minimum absolute atomic E-state index is 0.293. The molecule has 0 radical (unpaired) electrons. The van der Waals surface area contributed by atoms with Gasteiger partial charge >= 0.3 is 0 Å². The molecule has 0 saturated heterocycles. The fraction of sp³-hybridized carbons (Fsp3) is 0.357. The molecule has 0 atom stereocenters. The van der Waals surface area contributed by atoms with E-state index in [2.05, 4.69) is 17.2 Å². The Kier molecular flexibility index (Phi) is 6.04. The molecule has 5 heteroatoms. The Bertz CT molecular complexity index is 517. The highest BCUT2D eigenvalue weighted by Crippen LogP contribution is 2.37. The van der Waals surface area contributed by atoms with E-state index in [1.165, 1.54) is 7.11 Å². The lowest BCUT2D eigenvalue weighted by molar-refractivity contribution is -0.115. The second-order valence-corrected chi connectivity index (χ2v) is 4.03. The van der Waals surface area contributed by atoms with Crippen LogP contribution in [0.1, 0.15) is 12.5 Å². The molecule has 1 aromatic carbocycles. The molecule has 1 N–H and O–H groups in total. The second kappa shape index (κ2) is 7.55. The molecule has 19 heavy (non-hydrogen) atoms. The van der Waals surface area contributed by atoms with Crippen LogP contribution in [0.15, 0.2) is 12.1 Å². The largest absolute Gasteiger partial charge is 0.493 e. The molecule has 0 aliphatic rings. The van der Waals surface area contributed by atoms with Gasteiger partial charge in [0, 0.05) is 6.54 Å². The van der Waals surface area contributed by atoms with Gasteiger partial charge in [0.05, 0.1) is 19.2 Å². The van der Waals surface area contributed by atoms with E-state index < -0.39 is 0 Å². The Morgan fingerprint density at radius 1 is 1.37 bits per heavy atom. The van der Waals surface area contributed by atoms with Crippen LogP contribution >= 0.6 is 11.6 Å². The Balaban J connectivity index is 2.73. The van der Waals surface area contributed by atoms with Crippen molar-refractivity contribution in [3.05, 3.63) is 22.7 Å². The first-order chi connectivity index (χ1) is 9.13. The number of nitrogens with one attached hydrogen (secondary N) is 1. The summed E-state index contributed by atoms with van der Waals surface area (Å²) in [7, 11) is 3.09. The second-order valence-electron chi connectivity index (χ2n) is 3.66. The Morgan fingerprint density at radius 3 is 2.68 bits per heavy atom. The molecule has 0 aliphatic heterocycles. The molecule has 0 heterocycles. The minimum atomic E-state index is -0.293. The first kappa shape index (κ1) is 15.2. The molecule has 1 rings (SSSR count). The van der Waals surface area contributed by atoms with E-state index in [1.54, 1.807) is 20.1 Å². The predicted molar refractivity (Wildman–Crippen MR) is 74.7 cm³/mol. The molecule has 102 valence electrons. The zero-order chi connectivity index (χ0) is 14.3. The molecule has 0 spiro atoms. The molecule has 0 aliphatic carbocycles. The van der Waals surface area contributed by atoms with Gasteiger partial charge in [-0.1, -0.05) is 23.6 Å². The highest BCUT2D eigenvalue weighted by molar-refractivity contribution is 6.33. The number of benzene rings is 1. The molecule has 0 unspecified atom stereocenters. The average Bonchev–Trinajstić information content (AvgIpc) is 2.40. The van der Waals surface area contributed by atoms with E-state index >= 15 is 0 Å². The van der Waals surface area contributed by atoms with Crippen LogP contribution in [-0.4, -0.2) is 26.7 Å². The van der Waals surface area contributed by atoms with Crippen molar-refractivity contribution in [1.82, 2.24) is 5.32 Å². The van der Waals surface area contributed by atoms with Crippen molar-refractivity contribution in [2.45, 2.75) is 13.3 Å². The van der Waals surface area contributed by atoms with Crippen molar-refractivity contribution in [2.24, 2.45) is 0 Å². The maximum Gasteiger partial charge on any atom is 0.295 e. The number of carbonyl (C=O) groups excluding carboxylic acids is 1. The molecule has 0 aromatic heterocycles. The van der Waals surface area contributed by atoms with Crippen LogP contribution in [0.3, 0.4) is 0 Å². The third-order valence-corrected chi connectivity index (χ3v) is 2.90. The minimum Gasteiger partial charge on any atom is -0.493 e. The molecule has 0 saturated carbocycles. The van der Waals surface area contributed by atoms with Gasteiger partial charge in [0.15, 0.2) is 11.5 Å². The number of ether oxygens (including phenoxy) is 2. The van der Waals surface area contributed by atoms with Gasteiger partial charge < -0.3 is 14.8 Å². The van der Waals surface area contributed by atoms with Crippen molar-refractivity contribution in [3.8, 4) is 23.3 Å². The van der Waals surface area contributed by atoms with Crippen molar-refractivity contribution >= 4 is 17.5 Å². The van der Waals surface area contributed by atoms with Crippen molar-refractivity contribution in [1.29, 1.82) is 0 Å². The summed E-state index contributed by atoms with van der Waals surface area (Å²) in [5.74, 6) is 5.74. The van der Waals surface area contributed by atoms with Crippen LogP contribution in [0, 0.1) is 11.8 Å². The monoisotopic (exact) mass is 281 g/mol. The van der Waals surface area contributed by atoms with Crippen LogP contribution < -0.4 is 14.8 Å². The van der Waals surface area contributed by atoms with Crippen molar-refractivity contribution in [3.63, 3.8) is 0 Å². The Hall–Kier alpha value is -1.86. The number of hydrogen-bond acceptors (Lipinski definition) is 3. The van der Waals surface area contributed by atoms with E-state index in [9.17, 15) is 4.79 Å². The van der Waals surface area contributed by atoms with E-state index in [4.69, 9.17) is 21.1 Å². The van der Waals surface area contributed by atoms with E-state index in [1.807, 2.05) is 6.07 Å². The van der Waals surface area contributed by atoms with Crippen LogP contribution in [-0.2, 0) is 11.2 Å². The molecular weight excluding hydrogens is 266 g/mol. The van der Waals surface area contributed by atoms with Gasteiger partial charge in [-0.3, -0.25) is 4.79 Å². The molecule has 0 fully saturated rings. The number of methoxy groups -OCH3 is 2. The van der Waals surface area contributed by atoms with Crippen molar-refractivity contribution < 1.29 is 14.3 Å². The van der Waals surface area contributed by atoms with Crippen molar-refractivity contribution in [2.75, 3.05) is 20.8 Å². The molecule has 0 bridgehead atoms. The van der Waals surface area contributed by atoms with Gasteiger partial charge in [0.1, 0.15) is 0 Å². The Labute approximate surface area is 118 Å². The van der Waals surface area contributed by atoms with Crippen LogP contribution in [0.2, 0.25) is 5.02 Å². The number of hydrogen-bond donors (Lipinski definition) is 1. The van der Waals surface area contributed by atoms with Gasteiger partial charge in [-0.2, -0.15) is 0 Å². The first-order valence-electron chi connectivity index (χ1n) is 5.74. The summed E-state index contributed by atoms with van der Waals surface area (Å²) in [6, 6.07) is 3.63. The average molecular weight is 282 g/mol. The van der Waals surface area contributed by atoms with Gasteiger partial charge in [-0.15, -0.1) is 0 Å². The number of rotatable bonds is 5. The van der Waals surface area contributed by atoms with Crippen LogP contribution in [0.25, 0.3) is 0 Å². The fourth-order valence-electron chi connectivity index (χ4n) is 1.59. The maximum atomic E-state index is 11.2. The smallest absolute Gasteiger partial charge is 0.295 e. The predicted octanol–water partition coefficient (Wildman–Crippen LogP) is 2.04. The summed E-state index contributed by atoms with van der Waals surface area (Å²) in [4.78, 5) is 11.2. The number of halogens is 1. The summed E-state index contributed by atoms with van der Waals surface area (Å²) < 4.78 is 10.4. The summed E-state index contributed by atoms with van der Waals surface area (Å²) in [6.45, 7) is 2.08. The number of carbonyl (C=O) groups is 1. The van der Waals surface area contributed by atoms with Crippen LogP contribution in [0.5, 0.6) is 11.5 Å². The number of amides is 1. The van der Waals surface area contributed by atoms with Gasteiger partial charge in [-0.05, 0) is 30.9 Å². The summed E-state index contributed by atoms with van der Waals surface area (Å²) >= 11 is 6.22. The molecule has 1 amide bonds. The lowest BCUT2D eigenvalue weighted by Crippen LogP contribution is -2.24.